The first-order chi connectivity index (χ1) is 8.76. The summed E-state index contributed by atoms with van der Waals surface area (Å²) in [6.45, 7) is 0. The zero-order valence-corrected chi connectivity index (χ0v) is 12.1. The van der Waals surface area contributed by atoms with Crippen molar-refractivity contribution >= 4 is 27.5 Å². The van der Waals surface area contributed by atoms with Crippen molar-refractivity contribution < 1.29 is 0 Å². The van der Waals surface area contributed by atoms with Crippen LogP contribution >= 0.6 is 27.5 Å². The zero-order valence-electron chi connectivity index (χ0n) is 9.75. The largest absolute Gasteiger partial charge is 0.301 e. The van der Waals surface area contributed by atoms with Gasteiger partial charge in [-0.1, -0.05) is 46.3 Å². The molecule has 0 amide bonds. The summed E-state index contributed by atoms with van der Waals surface area (Å²) < 4.78 is 0. The summed E-state index contributed by atoms with van der Waals surface area (Å²) in [5.41, 5.74) is 2.77. The van der Waals surface area contributed by atoms with Gasteiger partial charge < -0.3 is 5.10 Å². The highest BCUT2D eigenvalue weighted by Gasteiger charge is 2.16. The van der Waals surface area contributed by atoms with Crippen molar-refractivity contribution in [1.82, 2.24) is 10.2 Å². The lowest BCUT2D eigenvalue weighted by atomic mass is 9.94. The first-order valence-electron chi connectivity index (χ1n) is 5.71. The van der Waals surface area contributed by atoms with E-state index in [1.54, 1.807) is 0 Å². The van der Waals surface area contributed by atoms with Crippen LogP contribution in [-0.2, 0) is 11.8 Å². The van der Waals surface area contributed by atoms with Gasteiger partial charge in [0.2, 0.25) is 0 Å². The fraction of sp³-hybridized carbons (Fsp3) is 0.308. The van der Waals surface area contributed by atoms with Gasteiger partial charge in [0, 0.05) is 22.7 Å². The topological polar surface area (TPSA) is 48.6 Å². The number of rotatable bonds is 5. The molecule has 0 fully saturated rings. The second-order valence-electron chi connectivity index (χ2n) is 4.14. The van der Waals surface area contributed by atoms with Crippen molar-refractivity contribution in [3.63, 3.8) is 0 Å². The first-order valence-corrected chi connectivity index (χ1v) is 7.37. The molecule has 1 aromatic heterocycles. The third-order valence-electron chi connectivity index (χ3n) is 3.01. The number of aromatic amines is 2. The molecule has 3 nitrogen and oxygen atoms in total. The second kappa shape index (κ2) is 6.25. The van der Waals surface area contributed by atoms with Crippen LogP contribution in [0.1, 0.15) is 22.7 Å². The van der Waals surface area contributed by atoms with E-state index in [1.165, 1.54) is 0 Å². The number of H-pyrrole nitrogens is 2. The fourth-order valence-electron chi connectivity index (χ4n) is 1.98. The molecule has 0 spiro atoms. The van der Waals surface area contributed by atoms with E-state index in [4.69, 9.17) is 11.6 Å². The Bertz CT molecular complexity index is 550. The number of hydrogen-bond donors (Lipinski definition) is 2. The highest BCUT2D eigenvalue weighted by atomic mass is 79.9. The number of halogens is 2. The van der Waals surface area contributed by atoms with E-state index in [0.717, 1.165) is 16.8 Å². The van der Waals surface area contributed by atoms with Crippen LogP contribution < -0.4 is 5.56 Å². The maximum absolute atomic E-state index is 11.7. The number of hydrogen-bond acceptors (Lipinski definition) is 1. The highest BCUT2D eigenvalue weighted by molar-refractivity contribution is 9.08. The summed E-state index contributed by atoms with van der Waals surface area (Å²) in [6, 6.07) is 10.0. The summed E-state index contributed by atoms with van der Waals surface area (Å²) in [7, 11) is 0. The van der Waals surface area contributed by atoms with Crippen LogP contribution in [0.15, 0.2) is 35.1 Å². The van der Waals surface area contributed by atoms with Crippen LogP contribution in [0.25, 0.3) is 0 Å². The zero-order chi connectivity index (χ0) is 13.0. The lowest BCUT2D eigenvalue weighted by Crippen LogP contribution is -2.13. The highest BCUT2D eigenvalue weighted by Crippen LogP contribution is 2.22. The van der Waals surface area contributed by atoms with E-state index in [-0.39, 0.29) is 11.5 Å². The van der Waals surface area contributed by atoms with Crippen molar-refractivity contribution in [3.8, 4) is 0 Å². The Kier molecular flexibility index (Phi) is 4.66. The van der Waals surface area contributed by atoms with Crippen molar-refractivity contribution in [2.45, 2.75) is 17.7 Å². The third-order valence-corrected chi connectivity index (χ3v) is 3.94. The molecule has 2 rings (SSSR count). The van der Waals surface area contributed by atoms with Crippen LogP contribution in [0.4, 0.5) is 0 Å². The molecule has 2 N–H and O–H groups in total. The number of alkyl halides is 2. The average molecular weight is 330 g/mol. The van der Waals surface area contributed by atoms with E-state index in [0.29, 0.717) is 17.6 Å². The molecule has 1 atom stereocenters. The van der Waals surface area contributed by atoms with Crippen molar-refractivity contribution in [2.24, 2.45) is 0 Å². The van der Waals surface area contributed by atoms with Gasteiger partial charge in [0.05, 0.1) is 5.69 Å². The Labute approximate surface area is 119 Å². The summed E-state index contributed by atoms with van der Waals surface area (Å²) in [6.07, 6.45) is 0.646. The van der Waals surface area contributed by atoms with Gasteiger partial charge in [-0.05, 0) is 12.0 Å². The monoisotopic (exact) mass is 328 g/mol. The molecule has 1 unspecified atom stereocenters. The van der Waals surface area contributed by atoms with Gasteiger partial charge in [0.25, 0.3) is 5.56 Å². The summed E-state index contributed by atoms with van der Waals surface area (Å²) in [5, 5.41) is 6.12. The molecule has 0 aliphatic rings. The molecule has 18 heavy (non-hydrogen) atoms. The van der Waals surface area contributed by atoms with Crippen molar-refractivity contribution in [1.29, 1.82) is 0 Å². The Hall–Kier alpha value is -1.00. The Morgan fingerprint density at radius 2 is 1.94 bits per heavy atom. The second-order valence-corrected chi connectivity index (χ2v) is 5.01. The number of benzene rings is 1. The quantitative estimate of drug-likeness (QED) is 0.813. The van der Waals surface area contributed by atoms with Gasteiger partial charge in [-0.2, -0.15) is 0 Å². The third kappa shape index (κ3) is 2.87. The van der Waals surface area contributed by atoms with Gasteiger partial charge in [-0.25, -0.2) is 0 Å². The van der Waals surface area contributed by atoms with Gasteiger partial charge in [-0.3, -0.25) is 9.89 Å². The van der Waals surface area contributed by atoms with E-state index >= 15 is 0 Å². The summed E-state index contributed by atoms with van der Waals surface area (Å²) in [4.78, 5) is 11.7. The van der Waals surface area contributed by atoms with Gasteiger partial charge in [-0.15, -0.1) is 11.6 Å². The fourth-order valence-corrected chi connectivity index (χ4v) is 2.75. The molecule has 1 aromatic carbocycles. The van der Waals surface area contributed by atoms with Crippen LogP contribution in [0.5, 0.6) is 0 Å². The lowest BCUT2D eigenvalue weighted by molar-refractivity contribution is 0.758. The number of nitrogens with one attached hydrogen (secondary N) is 2. The summed E-state index contributed by atoms with van der Waals surface area (Å²) >= 11 is 9.40. The minimum atomic E-state index is -0.0597. The first kappa shape index (κ1) is 13.4. The molecule has 0 radical (unpaired) electrons. The SMILES string of the molecule is O=c1[nH][nH]c(CBr)c1CC(CCl)c1ccccc1. The van der Waals surface area contributed by atoms with Crippen LogP contribution in [-0.4, -0.2) is 16.1 Å². The number of aromatic nitrogens is 2. The molecule has 2 aromatic rings. The van der Waals surface area contributed by atoms with Crippen LogP contribution in [0, 0.1) is 0 Å². The Balaban J connectivity index is 2.26. The van der Waals surface area contributed by atoms with Crippen LogP contribution in [0.3, 0.4) is 0 Å². The van der Waals surface area contributed by atoms with Crippen molar-refractivity contribution in [3.05, 3.63) is 57.5 Å². The Morgan fingerprint density at radius 1 is 1.22 bits per heavy atom. The summed E-state index contributed by atoms with van der Waals surface area (Å²) in [5.74, 6) is 0.652. The van der Waals surface area contributed by atoms with E-state index in [9.17, 15) is 4.79 Å². The maximum atomic E-state index is 11.7. The minimum absolute atomic E-state index is 0.0597. The molecule has 96 valence electrons. The van der Waals surface area contributed by atoms with Gasteiger partial charge in [0.1, 0.15) is 0 Å². The molecule has 0 aliphatic heterocycles. The predicted octanol–water partition coefficient (Wildman–Crippen LogP) is 3.16. The normalized spacial score (nSPS) is 12.6. The smallest absolute Gasteiger partial charge is 0.267 e. The van der Waals surface area contributed by atoms with Crippen molar-refractivity contribution in [2.75, 3.05) is 5.88 Å². The maximum Gasteiger partial charge on any atom is 0.267 e. The molecule has 0 bridgehead atoms. The van der Waals surface area contributed by atoms with E-state index in [2.05, 4.69) is 26.1 Å². The molecule has 0 saturated heterocycles. The average Bonchev–Trinajstić information content (AvgIpc) is 2.77. The molecular weight excluding hydrogens is 316 g/mol. The molecule has 0 aliphatic carbocycles. The minimum Gasteiger partial charge on any atom is -0.301 e. The Morgan fingerprint density at radius 3 is 2.56 bits per heavy atom. The molecular formula is C13H14BrClN2O. The molecule has 0 saturated carbocycles. The van der Waals surface area contributed by atoms with Crippen LogP contribution in [0.2, 0.25) is 0 Å². The molecule has 1 heterocycles. The van der Waals surface area contributed by atoms with E-state index < -0.39 is 0 Å². The lowest BCUT2D eigenvalue weighted by Gasteiger charge is -2.13. The van der Waals surface area contributed by atoms with Gasteiger partial charge in [0.15, 0.2) is 0 Å². The standard InChI is InChI=1S/C13H14BrClN2O/c14-7-12-11(13(18)17-16-12)6-10(8-15)9-4-2-1-3-5-9/h1-5,10H,6-8H2,(H2,16,17,18). The predicted molar refractivity (Wildman–Crippen MR) is 77.7 cm³/mol. The van der Waals surface area contributed by atoms with Gasteiger partial charge >= 0.3 is 0 Å². The van der Waals surface area contributed by atoms with E-state index in [1.807, 2.05) is 30.3 Å². The molecule has 5 heteroatoms.